The van der Waals surface area contributed by atoms with Crippen molar-refractivity contribution in [3.05, 3.63) is 46.6 Å². The average Bonchev–Trinajstić information content (AvgIpc) is 2.73. The van der Waals surface area contributed by atoms with E-state index in [-0.39, 0.29) is 5.41 Å². The molecular formula is C15H18BrNS. The first kappa shape index (κ1) is 13.8. The van der Waals surface area contributed by atoms with Gasteiger partial charge < -0.3 is 4.57 Å². The predicted molar refractivity (Wildman–Crippen MR) is 84.0 cm³/mol. The highest BCUT2D eigenvalue weighted by Crippen LogP contribution is 2.32. The summed E-state index contributed by atoms with van der Waals surface area (Å²) in [6, 6.07) is 12.9. The minimum absolute atomic E-state index is 0.140. The predicted octanol–water partition coefficient (Wildman–Crippen LogP) is 5.26. The van der Waals surface area contributed by atoms with Crippen LogP contribution in [-0.4, -0.2) is 10.8 Å². The van der Waals surface area contributed by atoms with Crippen LogP contribution in [0.3, 0.4) is 0 Å². The Hall–Kier alpha value is -0.670. The van der Waals surface area contributed by atoms with Crippen molar-refractivity contribution in [3.63, 3.8) is 0 Å². The van der Waals surface area contributed by atoms with Gasteiger partial charge in [-0.1, -0.05) is 36.7 Å². The van der Waals surface area contributed by atoms with Crippen molar-refractivity contribution in [1.82, 2.24) is 4.57 Å². The van der Waals surface area contributed by atoms with Gasteiger partial charge in [0.25, 0.3) is 0 Å². The molecule has 2 rings (SSSR count). The van der Waals surface area contributed by atoms with E-state index in [1.807, 2.05) is 0 Å². The molecule has 18 heavy (non-hydrogen) atoms. The van der Waals surface area contributed by atoms with Crippen LogP contribution in [0, 0.1) is 0 Å². The van der Waals surface area contributed by atoms with Crippen molar-refractivity contribution >= 4 is 27.7 Å². The van der Waals surface area contributed by atoms with Crippen LogP contribution in [0.4, 0.5) is 0 Å². The Kier molecular flexibility index (Phi) is 3.93. The number of thioether (sulfide) groups is 1. The van der Waals surface area contributed by atoms with Gasteiger partial charge in [-0.15, -0.1) is 11.8 Å². The SMILES string of the molecule is CSc1ccc(C(C)(C)C)n1-c1ccc(Br)cc1. The Morgan fingerprint density at radius 2 is 1.61 bits per heavy atom. The zero-order valence-electron chi connectivity index (χ0n) is 11.2. The Bertz CT molecular complexity index is 535. The molecule has 3 heteroatoms. The van der Waals surface area contributed by atoms with E-state index >= 15 is 0 Å². The highest BCUT2D eigenvalue weighted by atomic mass is 79.9. The Morgan fingerprint density at radius 3 is 2.11 bits per heavy atom. The van der Waals surface area contributed by atoms with Crippen LogP contribution in [-0.2, 0) is 5.41 Å². The summed E-state index contributed by atoms with van der Waals surface area (Å²) >= 11 is 5.27. The summed E-state index contributed by atoms with van der Waals surface area (Å²) in [5, 5.41) is 1.28. The third-order valence-corrected chi connectivity index (χ3v) is 4.17. The number of hydrogen-bond acceptors (Lipinski definition) is 1. The molecule has 0 N–H and O–H groups in total. The number of benzene rings is 1. The van der Waals surface area contributed by atoms with Crippen LogP contribution >= 0.6 is 27.7 Å². The van der Waals surface area contributed by atoms with Gasteiger partial charge in [-0.05, 0) is 42.7 Å². The van der Waals surface area contributed by atoms with Crippen molar-refractivity contribution in [1.29, 1.82) is 0 Å². The molecule has 0 bridgehead atoms. The Balaban J connectivity index is 2.61. The summed E-state index contributed by atoms with van der Waals surface area (Å²) < 4.78 is 3.46. The first-order valence-corrected chi connectivity index (χ1v) is 7.97. The third kappa shape index (κ3) is 2.67. The molecule has 0 unspecified atom stereocenters. The summed E-state index contributed by atoms with van der Waals surface area (Å²) in [4.78, 5) is 0. The quantitative estimate of drug-likeness (QED) is 0.682. The molecule has 0 atom stereocenters. The fourth-order valence-electron chi connectivity index (χ4n) is 2.02. The van der Waals surface area contributed by atoms with Crippen LogP contribution in [0.5, 0.6) is 0 Å². The van der Waals surface area contributed by atoms with E-state index in [1.165, 1.54) is 16.4 Å². The van der Waals surface area contributed by atoms with E-state index in [2.05, 4.69) is 83.9 Å². The molecular weight excluding hydrogens is 306 g/mol. The molecule has 0 aliphatic rings. The van der Waals surface area contributed by atoms with E-state index in [0.717, 1.165) is 4.47 Å². The fourth-order valence-corrected chi connectivity index (χ4v) is 2.87. The smallest absolute Gasteiger partial charge is 0.0793 e. The van der Waals surface area contributed by atoms with Crippen LogP contribution in [0.1, 0.15) is 26.5 Å². The van der Waals surface area contributed by atoms with Crippen LogP contribution in [0.15, 0.2) is 45.9 Å². The third-order valence-electron chi connectivity index (χ3n) is 2.91. The molecule has 1 heterocycles. The first-order valence-electron chi connectivity index (χ1n) is 5.95. The Labute approximate surface area is 122 Å². The van der Waals surface area contributed by atoms with Gasteiger partial charge in [0.2, 0.25) is 0 Å². The van der Waals surface area contributed by atoms with Crippen molar-refractivity contribution in [2.24, 2.45) is 0 Å². The molecule has 1 nitrogen and oxygen atoms in total. The molecule has 1 aromatic heterocycles. The molecule has 0 amide bonds. The van der Waals surface area contributed by atoms with Gasteiger partial charge in [0.05, 0.1) is 5.03 Å². The number of rotatable bonds is 2. The lowest BCUT2D eigenvalue weighted by Gasteiger charge is -2.23. The van der Waals surface area contributed by atoms with E-state index < -0.39 is 0 Å². The van der Waals surface area contributed by atoms with Gasteiger partial charge in [-0.3, -0.25) is 0 Å². The number of aromatic nitrogens is 1. The molecule has 0 aliphatic carbocycles. The summed E-state index contributed by atoms with van der Waals surface area (Å²) in [6.45, 7) is 6.76. The molecule has 0 saturated carbocycles. The average molecular weight is 324 g/mol. The zero-order chi connectivity index (χ0) is 13.3. The lowest BCUT2D eigenvalue weighted by atomic mass is 9.92. The lowest BCUT2D eigenvalue weighted by molar-refractivity contribution is 0.550. The molecule has 0 saturated heterocycles. The van der Waals surface area contributed by atoms with Gasteiger partial charge in [0.1, 0.15) is 0 Å². The monoisotopic (exact) mass is 323 g/mol. The second kappa shape index (κ2) is 5.14. The maximum absolute atomic E-state index is 3.49. The van der Waals surface area contributed by atoms with Crippen LogP contribution in [0.2, 0.25) is 0 Å². The number of halogens is 1. The van der Waals surface area contributed by atoms with Gasteiger partial charge >= 0.3 is 0 Å². The van der Waals surface area contributed by atoms with Gasteiger partial charge in [-0.2, -0.15) is 0 Å². The second-order valence-corrected chi connectivity index (χ2v) is 7.06. The summed E-state index contributed by atoms with van der Waals surface area (Å²) in [5.41, 5.74) is 2.70. The molecule has 96 valence electrons. The van der Waals surface area contributed by atoms with Gasteiger partial charge in [0.15, 0.2) is 0 Å². The lowest BCUT2D eigenvalue weighted by Crippen LogP contribution is -2.17. The highest BCUT2D eigenvalue weighted by molar-refractivity contribution is 9.10. The Morgan fingerprint density at radius 1 is 1.00 bits per heavy atom. The summed E-state index contributed by atoms with van der Waals surface area (Å²) in [7, 11) is 0. The van der Waals surface area contributed by atoms with Crippen LogP contribution in [0.25, 0.3) is 5.69 Å². The minimum atomic E-state index is 0.140. The molecule has 0 spiro atoms. The molecule has 0 aliphatic heterocycles. The number of hydrogen-bond donors (Lipinski definition) is 0. The van der Waals surface area contributed by atoms with Crippen molar-refractivity contribution in [2.45, 2.75) is 31.2 Å². The minimum Gasteiger partial charge on any atom is -0.308 e. The summed E-state index contributed by atoms with van der Waals surface area (Å²) in [6.07, 6.45) is 2.12. The van der Waals surface area contributed by atoms with E-state index in [1.54, 1.807) is 11.8 Å². The van der Waals surface area contributed by atoms with Crippen molar-refractivity contribution in [3.8, 4) is 5.69 Å². The van der Waals surface area contributed by atoms with Gasteiger partial charge in [-0.25, -0.2) is 0 Å². The second-order valence-electron chi connectivity index (χ2n) is 5.32. The fraction of sp³-hybridized carbons (Fsp3) is 0.333. The van der Waals surface area contributed by atoms with Crippen molar-refractivity contribution in [2.75, 3.05) is 6.26 Å². The molecule has 1 aromatic carbocycles. The topological polar surface area (TPSA) is 4.93 Å². The van der Waals surface area contributed by atoms with Crippen molar-refractivity contribution < 1.29 is 0 Å². The largest absolute Gasteiger partial charge is 0.308 e. The molecule has 2 aromatic rings. The zero-order valence-corrected chi connectivity index (χ0v) is 13.6. The van der Waals surface area contributed by atoms with E-state index in [0.29, 0.717) is 0 Å². The highest BCUT2D eigenvalue weighted by Gasteiger charge is 2.21. The maximum atomic E-state index is 3.49. The molecule has 0 radical (unpaired) electrons. The number of nitrogens with zero attached hydrogens (tertiary/aromatic N) is 1. The standard InChI is InChI=1S/C15H18BrNS/c1-15(2,3)13-9-10-14(18-4)17(13)12-7-5-11(16)6-8-12/h5-10H,1-4H3. The van der Waals surface area contributed by atoms with Crippen LogP contribution < -0.4 is 0 Å². The van der Waals surface area contributed by atoms with Gasteiger partial charge in [0, 0.05) is 21.3 Å². The van der Waals surface area contributed by atoms with E-state index in [9.17, 15) is 0 Å². The normalized spacial score (nSPS) is 11.8. The maximum Gasteiger partial charge on any atom is 0.0793 e. The molecule has 0 fully saturated rings. The first-order chi connectivity index (χ1) is 8.43. The summed E-state index contributed by atoms with van der Waals surface area (Å²) in [5.74, 6) is 0. The van der Waals surface area contributed by atoms with E-state index in [4.69, 9.17) is 0 Å².